The summed E-state index contributed by atoms with van der Waals surface area (Å²) in [7, 11) is -1.23. The SMILES string of the molecule is C[SiH](C)N(Cc1ccccc1)N=C1C=C(C(C)(C)C)C=C(C(C)(C)C)C1=O. The number of ketones is 1. The molecule has 0 radical (unpaired) electrons. The van der Waals surface area contributed by atoms with E-state index in [0.717, 1.165) is 17.7 Å². The summed E-state index contributed by atoms with van der Waals surface area (Å²) >= 11 is 0. The molecule has 0 bridgehead atoms. The van der Waals surface area contributed by atoms with Gasteiger partial charge in [0, 0.05) is 5.57 Å². The number of carbonyl (C=O) groups excluding carboxylic acids is 1. The van der Waals surface area contributed by atoms with Crippen molar-refractivity contribution in [3.05, 3.63) is 59.2 Å². The predicted molar refractivity (Wildman–Crippen MR) is 118 cm³/mol. The third-order valence-corrected chi connectivity index (χ3v) is 6.25. The number of hydrogen-bond acceptors (Lipinski definition) is 3. The highest BCUT2D eigenvalue weighted by atomic mass is 28.3. The minimum Gasteiger partial charge on any atom is -0.323 e. The molecule has 0 aromatic heterocycles. The molecule has 0 unspecified atom stereocenters. The van der Waals surface area contributed by atoms with Crippen LogP contribution in [0.3, 0.4) is 0 Å². The van der Waals surface area contributed by atoms with Gasteiger partial charge < -0.3 is 4.67 Å². The fourth-order valence-electron chi connectivity index (χ4n) is 2.92. The Morgan fingerprint density at radius 3 is 2.00 bits per heavy atom. The number of benzene rings is 1. The molecule has 2 rings (SSSR count). The molecule has 27 heavy (non-hydrogen) atoms. The quantitative estimate of drug-likeness (QED) is 0.399. The zero-order valence-corrected chi connectivity index (χ0v) is 19.3. The highest BCUT2D eigenvalue weighted by Gasteiger charge is 2.32. The average Bonchev–Trinajstić information content (AvgIpc) is 2.54. The molecule has 1 aromatic carbocycles. The molecular formula is C23H34N2OSi. The lowest BCUT2D eigenvalue weighted by Gasteiger charge is -2.31. The van der Waals surface area contributed by atoms with Crippen LogP contribution in [0.5, 0.6) is 0 Å². The van der Waals surface area contributed by atoms with Crippen molar-refractivity contribution in [1.82, 2.24) is 4.67 Å². The minimum absolute atomic E-state index is 0.0303. The van der Waals surface area contributed by atoms with Crippen molar-refractivity contribution in [3.63, 3.8) is 0 Å². The van der Waals surface area contributed by atoms with E-state index < -0.39 is 8.96 Å². The molecule has 0 fully saturated rings. The van der Waals surface area contributed by atoms with E-state index in [1.807, 2.05) is 24.3 Å². The Morgan fingerprint density at radius 2 is 1.52 bits per heavy atom. The summed E-state index contributed by atoms with van der Waals surface area (Å²) in [5.74, 6) is 0.0585. The number of Topliss-reactive ketones (excluding diaryl/α,β-unsaturated/α-hetero) is 1. The van der Waals surface area contributed by atoms with E-state index in [4.69, 9.17) is 5.10 Å². The Hall–Kier alpha value is -1.94. The van der Waals surface area contributed by atoms with Gasteiger partial charge >= 0.3 is 0 Å². The van der Waals surface area contributed by atoms with E-state index in [9.17, 15) is 4.79 Å². The van der Waals surface area contributed by atoms with Crippen LogP contribution >= 0.6 is 0 Å². The second-order valence-electron chi connectivity index (χ2n) is 9.65. The second kappa shape index (κ2) is 7.97. The van der Waals surface area contributed by atoms with Crippen molar-refractivity contribution in [1.29, 1.82) is 0 Å². The number of rotatable bonds is 4. The Labute approximate surface area is 166 Å². The molecule has 0 N–H and O–H groups in total. The molecule has 0 atom stereocenters. The van der Waals surface area contributed by atoms with E-state index in [0.29, 0.717) is 5.71 Å². The van der Waals surface area contributed by atoms with Crippen molar-refractivity contribution in [2.45, 2.75) is 61.2 Å². The Morgan fingerprint density at radius 1 is 0.926 bits per heavy atom. The third-order valence-electron chi connectivity index (χ3n) is 4.76. The topological polar surface area (TPSA) is 32.7 Å². The van der Waals surface area contributed by atoms with Crippen LogP contribution in [-0.4, -0.2) is 25.1 Å². The van der Waals surface area contributed by atoms with E-state index in [1.165, 1.54) is 5.56 Å². The highest BCUT2D eigenvalue weighted by molar-refractivity contribution is 6.54. The van der Waals surface area contributed by atoms with Crippen LogP contribution in [0, 0.1) is 10.8 Å². The molecule has 0 heterocycles. The first-order chi connectivity index (χ1) is 12.4. The molecule has 0 amide bonds. The van der Waals surface area contributed by atoms with Gasteiger partial charge in [-0.2, -0.15) is 5.10 Å². The van der Waals surface area contributed by atoms with E-state index in [1.54, 1.807) is 0 Å². The Balaban J connectivity index is 2.47. The molecule has 0 saturated carbocycles. The average molecular weight is 383 g/mol. The van der Waals surface area contributed by atoms with E-state index in [-0.39, 0.29) is 16.6 Å². The van der Waals surface area contributed by atoms with Crippen LogP contribution in [0.15, 0.2) is 58.7 Å². The van der Waals surface area contributed by atoms with Gasteiger partial charge in [0.05, 0.1) is 6.54 Å². The summed E-state index contributed by atoms with van der Waals surface area (Å²) in [5.41, 5.74) is 3.57. The van der Waals surface area contributed by atoms with Crippen molar-refractivity contribution < 1.29 is 4.79 Å². The number of hydrazone groups is 1. The van der Waals surface area contributed by atoms with Crippen LogP contribution < -0.4 is 0 Å². The zero-order valence-electron chi connectivity index (χ0n) is 18.1. The highest BCUT2D eigenvalue weighted by Crippen LogP contribution is 2.36. The van der Waals surface area contributed by atoms with Crippen molar-refractivity contribution >= 4 is 20.5 Å². The predicted octanol–water partition coefficient (Wildman–Crippen LogP) is 5.36. The lowest BCUT2D eigenvalue weighted by molar-refractivity contribution is -0.110. The first kappa shape index (κ1) is 21.4. The van der Waals surface area contributed by atoms with Gasteiger partial charge in [-0.15, -0.1) is 0 Å². The Kier molecular flexibility index (Phi) is 6.30. The summed E-state index contributed by atoms with van der Waals surface area (Å²) in [6.45, 7) is 18.1. The van der Waals surface area contributed by atoms with Crippen LogP contribution in [0.4, 0.5) is 0 Å². The maximum Gasteiger partial charge on any atom is 0.209 e. The maximum absolute atomic E-state index is 13.2. The standard InChI is InChI=1S/C23H34N2OSi/c1-22(2,3)18-14-19(23(4,5)6)21(26)20(15-18)24-25(27(7)8)16-17-12-10-9-11-13-17/h9-15,27H,16H2,1-8H3. The van der Waals surface area contributed by atoms with Gasteiger partial charge in [0.15, 0.2) is 8.96 Å². The van der Waals surface area contributed by atoms with Crippen molar-refractivity contribution in [2.24, 2.45) is 15.9 Å². The van der Waals surface area contributed by atoms with Crippen LogP contribution in [0.25, 0.3) is 0 Å². The molecule has 146 valence electrons. The molecular weight excluding hydrogens is 348 g/mol. The van der Waals surface area contributed by atoms with Crippen molar-refractivity contribution in [3.8, 4) is 0 Å². The van der Waals surface area contributed by atoms with E-state index in [2.05, 4.69) is 77.5 Å². The lowest BCUT2D eigenvalue weighted by atomic mass is 9.74. The van der Waals surface area contributed by atoms with Gasteiger partial charge in [-0.25, -0.2) is 0 Å². The van der Waals surface area contributed by atoms with Gasteiger partial charge in [0.25, 0.3) is 0 Å². The normalized spacial score (nSPS) is 17.2. The largest absolute Gasteiger partial charge is 0.323 e. The maximum atomic E-state index is 13.2. The monoisotopic (exact) mass is 382 g/mol. The van der Waals surface area contributed by atoms with Crippen LogP contribution in [0.2, 0.25) is 13.1 Å². The zero-order chi connectivity index (χ0) is 20.4. The first-order valence-corrected chi connectivity index (χ1v) is 12.6. The Bertz CT molecular complexity index is 775. The van der Waals surface area contributed by atoms with Gasteiger partial charge in [-0.1, -0.05) is 91.0 Å². The smallest absolute Gasteiger partial charge is 0.209 e. The molecule has 3 nitrogen and oxygen atoms in total. The number of carbonyl (C=O) groups is 1. The fourth-order valence-corrected chi connectivity index (χ4v) is 3.85. The van der Waals surface area contributed by atoms with Gasteiger partial charge in [-0.3, -0.25) is 4.79 Å². The first-order valence-electron chi connectivity index (χ1n) is 9.78. The van der Waals surface area contributed by atoms with Gasteiger partial charge in [0.1, 0.15) is 5.71 Å². The van der Waals surface area contributed by atoms with Gasteiger partial charge in [0.2, 0.25) is 5.78 Å². The summed E-state index contributed by atoms with van der Waals surface area (Å²) in [5, 5.41) is 4.88. The number of nitrogens with zero attached hydrogens (tertiary/aromatic N) is 2. The molecule has 4 heteroatoms. The van der Waals surface area contributed by atoms with Crippen molar-refractivity contribution in [2.75, 3.05) is 0 Å². The minimum atomic E-state index is -1.23. The molecule has 1 aliphatic carbocycles. The van der Waals surface area contributed by atoms with Gasteiger partial charge in [-0.05, 0) is 28.0 Å². The number of hydrogen-bond donors (Lipinski definition) is 0. The second-order valence-corrected chi connectivity index (χ2v) is 12.4. The van der Waals surface area contributed by atoms with Crippen LogP contribution in [0.1, 0.15) is 47.1 Å². The molecule has 1 aromatic rings. The molecule has 0 saturated heterocycles. The summed E-state index contributed by atoms with van der Waals surface area (Å²) in [6, 6.07) is 10.3. The molecule has 1 aliphatic rings. The fraction of sp³-hybridized carbons (Fsp3) is 0.478. The molecule has 0 aliphatic heterocycles. The summed E-state index contributed by atoms with van der Waals surface area (Å²) in [4.78, 5) is 13.2. The summed E-state index contributed by atoms with van der Waals surface area (Å²) in [6.07, 6.45) is 4.07. The van der Waals surface area contributed by atoms with E-state index >= 15 is 0 Å². The van der Waals surface area contributed by atoms with Crippen LogP contribution in [-0.2, 0) is 11.3 Å². The third kappa shape index (κ3) is 5.52. The summed E-state index contributed by atoms with van der Waals surface area (Å²) < 4.78 is 2.14. The lowest BCUT2D eigenvalue weighted by Crippen LogP contribution is -2.34. The number of allylic oxidation sites excluding steroid dienone is 4. The molecule has 0 spiro atoms.